The first-order valence-corrected chi connectivity index (χ1v) is 9.20. The van der Waals surface area contributed by atoms with Crippen molar-refractivity contribution in [3.63, 3.8) is 0 Å². The number of ether oxygens (including phenoxy) is 1. The monoisotopic (exact) mass is 302 g/mol. The van der Waals surface area contributed by atoms with Gasteiger partial charge in [-0.05, 0) is 38.5 Å². The normalized spacial score (nSPS) is 35.4. The van der Waals surface area contributed by atoms with E-state index in [1.807, 2.05) is 0 Å². The van der Waals surface area contributed by atoms with Gasteiger partial charge in [0.25, 0.3) is 0 Å². The Balaban J connectivity index is 1.32. The zero-order valence-corrected chi connectivity index (χ0v) is 13.3. The van der Waals surface area contributed by atoms with Crippen LogP contribution in [0.2, 0.25) is 0 Å². The van der Waals surface area contributed by atoms with Gasteiger partial charge in [0.05, 0.1) is 6.10 Å². The average Bonchev–Trinajstić information content (AvgIpc) is 3.26. The molecule has 3 fully saturated rings. The molecule has 0 radical (unpaired) electrons. The standard InChI is InChI=1S/C18H26N2O2/c1-2-6-15-12(5-1)14(20-22-15)11-19-16-13-7-10-21-17(13)18(16)8-3-4-9-18/h13,16-17,19H,1-11H2/t13-,16?,17-/m0/s1. The molecule has 1 spiro atoms. The van der Waals surface area contributed by atoms with Crippen LogP contribution in [0.15, 0.2) is 4.52 Å². The largest absolute Gasteiger partial charge is 0.377 e. The van der Waals surface area contributed by atoms with Crippen LogP contribution in [0, 0.1) is 11.3 Å². The lowest BCUT2D eigenvalue weighted by molar-refractivity contribution is -0.131. The van der Waals surface area contributed by atoms with Gasteiger partial charge in [-0.1, -0.05) is 18.0 Å². The van der Waals surface area contributed by atoms with Crippen LogP contribution in [-0.4, -0.2) is 23.9 Å². The van der Waals surface area contributed by atoms with Crippen LogP contribution in [0.25, 0.3) is 0 Å². The fraction of sp³-hybridized carbons (Fsp3) is 0.833. The van der Waals surface area contributed by atoms with Gasteiger partial charge >= 0.3 is 0 Å². The predicted molar refractivity (Wildman–Crippen MR) is 82.5 cm³/mol. The molecule has 22 heavy (non-hydrogen) atoms. The third-order valence-electron chi connectivity index (χ3n) is 6.81. The SMILES string of the molecule is C1CCc2c(CNC3[C@@H]4CCO[C@@H]4C34CCCC4)noc2C1. The number of nitrogens with zero attached hydrogens (tertiary/aromatic N) is 1. The van der Waals surface area contributed by atoms with E-state index in [-0.39, 0.29) is 0 Å². The summed E-state index contributed by atoms with van der Waals surface area (Å²) in [5, 5.41) is 8.23. The molecule has 1 aromatic rings. The van der Waals surface area contributed by atoms with Gasteiger partial charge in [-0.15, -0.1) is 0 Å². The summed E-state index contributed by atoms with van der Waals surface area (Å²) < 4.78 is 11.6. The van der Waals surface area contributed by atoms with Gasteiger partial charge in [0.15, 0.2) is 0 Å². The minimum Gasteiger partial charge on any atom is -0.377 e. The second-order valence-corrected chi connectivity index (χ2v) is 7.78. The first-order valence-electron chi connectivity index (χ1n) is 9.20. The molecule has 1 aromatic heterocycles. The maximum absolute atomic E-state index is 6.07. The van der Waals surface area contributed by atoms with E-state index < -0.39 is 0 Å². The molecule has 3 aliphatic carbocycles. The van der Waals surface area contributed by atoms with Crippen molar-refractivity contribution in [3.05, 3.63) is 17.0 Å². The summed E-state index contributed by atoms with van der Waals surface area (Å²) in [6, 6.07) is 0.637. The second-order valence-electron chi connectivity index (χ2n) is 7.78. The molecular weight excluding hydrogens is 276 g/mol. The number of hydrogen-bond acceptors (Lipinski definition) is 4. The zero-order valence-electron chi connectivity index (χ0n) is 13.3. The van der Waals surface area contributed by atoms with Crippen LogP contribution in [0.1, 0.15) is 62.0 Å². The van der Waals surface area contributed by atoms with Crippen molar-refractivity contribution in [1.82, 2.24) is 10.5 Å². The quantitative estimate of drug-likeness (QED) is 0.932. The predicted octanol–water partition coefficient (Wildman–Crippen LogP) is 2.99. The van der Waals surface area contributed by atoms with Crippen molar-refractivity contribution in [1.29, 1.82) is 0 Å². The molecule has 2 heterocycles. The Morgan fingerprint density at radius 3 is 2.91 bits per heavy atom. The Bertz CT molecular complexity index is 561. The van der Waals surface area contributed by atoms with E-state index in [1.165, 1.54) is 56.2 Å². The summed E-state index contributed by atoms with van der Waals surface area (Å²) in [6.07, 6.45) is 12.0. The summed E-state index contributed by atoms with van der Waals surface area (Å²) in [6.45, 7) is 1.85. The number of aromatic nitrogens is 1. The highest BCUT2D eigenvalue weighted by Gasteiger charge is 2.64. The van der Waals surface area contributed by atoms with Crippen LogP contribution in [0.4, 0.5) is 0 Å². The molecule has 0 bridgehead atoms. The molecule has 1 unspecified atom stereocenters. The lowest BCUT2D eigenvalue weighted by Crippen LogP contribution is -2.67. The number of nitrogens with one attached hydrogen (secondary N) is 1. The third kappa shape index (κ3) is 1.80. The smallest absolute Gasteiger partial charge is 0.140 e. The van der Waals surface area contributed by atoms with Crippen molar-refractivity contribution in [2.45, 2.75) is 76.5 Å². The van der Waals surface area contributed by atoms with Crippen molar-refractivity contribution in [3.8, 4) is 0 Å². The Hall–Kier alpha value is -0.870. The molecule has 5 rings (SSSR count). The highest BCUT2D eigenvalue weighted by Crippen LogP contribution is 2.60. The van der Waals surface area contributed by atoms with Gasteiger partial charge in [0.2, 0.25) is 0 Å². The van der Waals surface area contributed by atoms with Crippen molar-refractivity contribution in [2.75, 3.05) is 6.61 Å². The van der Waals surface area contributed by atoms with Gasteiger partial charge in [0, 0.05) is 42.5 Å². The summed E-state index contributed by atoms with van der Waals surface area (Å²) in [5.74, 6) is 1.88. The highest BCUT2D eigenvalue weighted by molar-refractivity contribution is 5.26. The Morgan fingerprint density at radius 1 is 1.14 bits per heavy atom. The van der Waals surface area contributed by atoms with Crippen molar-refractivity contribution >= 4 is 0 Å². The zero-order chi connectivity index (χ0) is 14.6. The van der Waals surface area contributed by atoms with Crippen LogP contribution < -0.4 is 5.32 Å². The van der Waals surface area contributed by atoms with Gasteiger partial charge in [-0.3, -0.25) is 0 Å². The van der Waals surface area contributed by atoms with Crippen LogP contribution in [-0.2, 0) is 24.1 Å². The molecule has 1 saturated heterocycles. The van der Waals surface area contributed by atoms with Gasteiger partial charge < -0.3 is 14.6 Å². The van der Waals surface area contributed by atoms with Crippen molar-refractivity contribution in [2.24, 2.45) is 11.3 Å². The topological polar surface area (TPSA) is 47.3 Å². The first kappa shape index (κ1) is 13.6. The average molecular weight is 302 g/mol. The van der Waals surface area contributed by atoms with Crippen LogP contribution >= 0.6 is 0 Å². The van der Waals surface area contributed by atoms with Gasteiger partial charge in [-0.2, -0.15) is 0 Å². The fourth-order valence-corrected chi connectivity index (χ4v) is 5.80. The Morgan fingerprint density at radius 2 is 2.00 bits per heavy atom. The van der Waals surface area contributed by atoms with E-state index in [4.69, 9.17) is 9.26 Å². The Kier molecular flexibility index (Phi) is 3.12. The molecule has 0 aromatic carbocycles. The van der Waals surface area contributed by atoms with E-state index in [0.29, 0.717) is 17.6 Å². The highest BCUT2D eigenvalue weighted by atomic mass is 16.5. The first-order chi connectivity index (χ1) is 10.9. The van der Waals surface area contributed by atoms with Crippen molar-refractivity contribution < 1.29 is 9.26 Å². The number of fused-ring (bicyclic) bond motifs is 3. The lowest BCUT2D eigenvalue weighted by Gasteiger charge is -2.57. The molecule has 1 aliphatic heterocycles. The summed E-state index contributed by atoms with van der Waals surface area (Å²) in [4.78, 5) is 0. The minimum atomic E-state index is 0.435. The summed E-state index contributed by atoms with van der Waals surface area (Å²) in [5.41, 5.74) is 3.01. The second kappa shape index (κ2) is 5.07. The molecule has 0 amide bonds. The lowest BCUT2D eigenvalue weighted by atomic mass is 9.54. The maximum Gasteiger partial charge on any atom is 0.140 e. The molecule has 1 N–H and O–H groups in total. The maximum atomic E-state index is 6.07. The van der Waals surface area contributed by atoms with E-state index in [0.717, 1.165) is 37.7 Å². The summed E-state index contributed by atoms with van der Waals surface area (Å²) in [7, 11) is 0. The molecule has 4 nitrogen and oxygen atoms in total. The van der Waals surface area contributed by atoms with Crippen LogP contribution in [0.5, 0.6) is 0 Å². The summed E-state index contributed by atoms with van der Waals surface area (Å²) >= 11 is 0. The van der Waals surface area contributed by atoms with Gasteiger partial charge in [-0.25, -0.2) is 0 Å². The minimum absolute atomic E-state index is 0.435. The molecule has 4 heteroatoms. The van der Waals surface area contributed by atoms with E-state index in [1.54, 1.807) is 0 Å². The number of aryl methyl sites for hydroxylation is 1. The third-order valence-corrected chi connectivity index (χ3v) is 6.81. The number of hydrogen-bond donors (Lipinski definition) is 1. The van der Waals surface area contributed by atoms with E-state index in [2.05, 4.69) is 10.5 Å². The number of rotatable bonds is 3. The molecule has 2 saturated carbocycles. The Labute approximate surface area is 132 Å². The fourth-order valence-electron chi connectivity index (χ4n) is 5.80. The molecule has 3 atom stereocenters. The van der Waals surface area contributed by atoms with Crippen LogP contribution in [0.3, 0.4) is 0 Å². The van der Waals surface area contributed by atoms with E-state index in [9.17, 15) is 0 Å². The molecule has 120 valence electrons. The molecular formula is C18H26N2O2. The molecule has 4 aliphatic rings. The van der Waals surface area contributed by atoms with Gasteiger partial charge in [0.1, 0.15) is 11.5 Å². The van der Waals surface area contributed by atoms with E-state index >= 15 is 0 Å².